The summed E-state index contributed by atoms with van der Waals surface area (Å²) in [5, 5.41) is 9.28. The molecule has 1 rings (SSSR count). The van der Waals surface area contributed by atoms with E-state index in [0.29, 0.717) is 0 Å². The summed E-state index contributed by atoms with van der Waals surface area (Å²) in [6.07, 6.45) is 0. The Bertz CT molecular complexity index is 383. The molecule has 0 saturated heterocycles. The number of rotatable bonds is 3. The van der Waals surface area contributed by atoms with E-state index in [1.54, 1.807) is 7.11 Å². The Hall–Kier alpha value is -0.550. The number of hydrogen-bond donors (Lipinski definition) is 1. The van der Waals surface area contributed by atoms with Crippen molar-refractivity contribution in [3.8, 4) is 5.75 Å². The molecule has 0 aliphatic rings. The summed E-state index contributed by atoms with van der Waals surface area (Å²) < 4.78 is 7.27. The fourth-order valence-electron chi connectivity index (χ4n) is 1.52. The molecule has 0 atom stereocenters. The van der Waals surface area contributed by atoms with E-state index in [1.807, 2.05) is 30.1 Å². The fraction of sp³-hybridized carbons (Fsp3) is 0.333. The molecule has 0 aromatic heterocycles. The number of benzene rings is 1. The standard InChI is InChI=1S/C12H15IO2/c1-8-4-10(7-14)11(9(2)6-13)5-12(8)15-3/h4-6,14H,7H2,1-3H3/b9-6+. The van der Waals surface area contributed by atoms with Crippen molar-refractivity contribution in [3.63, 3.8) is 0 Å². The minimum atomic E-state index is 0.0575. The quantitative estimate of drug-likeness (QED) is 0.867. The molecular weight excluding hydrogens is 303 g/mol. The van der Waals surface area contributed by atoms with Gasteiger partial charge < -0.3 is 9.84 Å². The third-order valence-corrected chi connectivity index (χ3v) is 3.31. The van der Waals surface area contributed by atoms with Crippen LogP contribution in [0.3, 0.4) is 0 Å². The van der Waals surface area contributed by atoms with Gasteiger partial charge in [0.2, 0.25) is 0 Å². The molecular formula is C12H15IO2. The molecule has 1 N–H and O–H groups in total. The van der Waals surface area contributed by atoms with Crippen molar-refractivity contribution in [1.82, 2.24) is 0 Å². The molecule has 0 fully saturated rings. The number of ether oxygens (including phenoxy) is 1. The average molecular weight is 318 g/mol. The zero-order chi connectivity index (χ0) is 11.4. The molecule has 0 unspecified atom stereocenters. The van der Waals surface area contributed by atoms with Crippen molar-refractivity contribution in [1.29, 1.82) is 0 Å². The van der Waals surface area contributed by atoms with Gasteiger partial charge in [-0.15, -0.1) is 0 Å². The van der Waals surface area contributed by atoms with Crippen LogP contribution < -0.4 is 4.74 Å². The van der Waals surface area contributed by atoms with Gasteiger partial charge in [-0.25, -0.2) is 0 Å². The van der Waals surface area contributed by atoms with Gasteiger partial charge in [0.25, 0.3) is 0 Å². The molecule has 1 aromatic rings. The number of halogens is 1. The van der Waals surface area contributed by atoms with E-state index >= 15 is 0 Å². The molecule has 82 valence electrons. The van der Waals surface area contributed by atoms with E-state index in [1.165, 1.54) is 0 Å². The highest BCUT2D eigenvalue weighted by Crippen LogP contribution is 2.28. The van der Waals surface area contributed by atoms with Crippen LogP contribution in [0, 0.1) is 6.92 Å². The molecule has 0 aliphatic heterocycles. The maximum Gasteiger partial charge on any atom is 0.122 e. The van der Waals surface area contributed by atoms with Gasteiger partial charge in [0, 0.05) is 0 Å². The summed E-state index contributed by atoms with van der Waals surface area (Å²) in [6.45, 7) is 4.06. The molecule has 0 amide bonds. The summed E-state index contributed by atoms with van der Waals surface area (Å²) in [5.74, 6) is 0.861. The first-order valence-electron chi connectivity index (χ1n) is 4.69. The van der Waals surface area contributed by atoms with E-state index in [9.17, 15) is 5.11 Å². The second-order valence-corrected chi connectivity index (χ2v) is 4.05. The van der Waals surface area contributed by atoms with Crippen LogP contribution in [0.15, 0.2) is 16.2 Å². The van der Waals surface area contributed by atoms with Gasteiger partial charge in [0.15, 0.2) is 0 Å². The second kappa shape index (κ2) is 5.51. The predicted molar refractivity (Wildman–Crippen MR) is 71.3 cm³/mol. The highest BCUT2D eigenvalue weighted by molar-refractivity contribution is 14.1. The van der Waals surface area contributed by atoms with Crippen LogP contribution in [-0.2, 0) is 6.61 Å². The number of methoxy groups -OCH3 is 1. The van der Waals surface area contributed by atoms with E-state index in [-0.39, 0.29) is 6.61 Å². The molecule has 15 heavy (non-hydrogen) atoms. The predicted octanol–water partition coefficient (Wildman–Crippen LogP) is 3.29. The highest BCUT2D eigenvalue weighted by Gasteiger charge is 2.08. The number of allylic oxidation sites excluding steroid dienone is 1. The first kappa shape index (κ1) is 12.5. The second-order valence-electron chi connectivity index (χ2n) is 3.43. The van der Waals surface area contributed by atoms with Crippen molar-refractivity contribution in [3.05, 3.63) is 32.9 Å². The SMILES string of the molecule is COc1cc(/C(C)=C/I)c(CO)cc1C. The highest BCUT2D eigenvalue weighted by atomic mass is 127. The monoisotopic (exact) mass is 318 g/mol. The smallest absolute Gasteiger partial charge is 0.122 e. The summed E-state index contributed by atoms with van der Waals surface area (Å²) in [4.78, 5) is 0. The summed E-state index contributed by atoms with van der Waals surface area (Å²) in [6, 6.07) is 3.95. The number of aryl methyl sites for hydroxylation is 1. The number of hydrogen-bond acceptors (Lipinski definition) is 2. The zero-order valence-electron chi connectivity index (χ0n) is 9.17. The maximum atomic E-state index is 9.28. The maximum absolute atomic E-state index is 9.28. The van der Waals surface area contributed by atoms with E-state index in [4.69, 9.17) is 4.74 Å². The Balaban J connectivity index is 3.35. The Kier molecular flexibility index (Phi) is 4.60. The lowest BCUT2D eigenvalue weighted by molar-refractivity contribution is 0.281. The minimum Gasteiger partial charge on any atom is -0.496 e. The molecule has 2 nitrogen and oxygen atoms in total. The lowest BCUT2D eigenvalue weighted by Gasteiger charge is -2.12. The van der Waals surface area contributed by atoms with Crippen molar-refractivity contribution in [2.45, 2.75) is 20.5 Å². The number of aliphatic hydroxyl groups excluding tert-OH is 1. The first-order chi connectivity index (χ1) is 7.13. The van der Waals surface area contributed by atoms with Gasteiger partial charge >= 0.3 is 0 Å². The van der Waals surface area contributed by atoms with Crippen molar-refractivity contribution in [2.24, 2.45) is 0 Å². The normalized spacial score (nSPS) is 11.7. The average Bonchev–Trinajstić information content (AvgIpc) is 2.27. The van der Waals surface area contributed by atoms with Crippen LogP contribution in [0.2, 0.25) is 0 Å². The van der Waals surface area contributed by atoms with Crippen molar-refractivity contribution in [2.75, 3.05) is 7.11 Å². The lowest BCUT2D eigenvalue weighted by atomic mass is 9.99. The van der Waals surface area contributed by atoms with Crippen LogP contribution >= 0.6 is 22.6 Å². The van der Waals surface area contributed by atoms with E-state index in [2.05, 4.69) is 22.6 Å². The van der Waals surface area contributed by atoms with Crippen LogP contribution in [0.1, 0.15) is 23.6 Å². The molecule has 3 heteroatoms. The molecule has 0 spiro atoms. The molecule has 0 radical (unpaired) electrons. The van der Waals surface area contributed by atoms with Crippen LogP contribution in [0.5, 0.6) is 5.75 Å². The van der Waals surface area contributed by atoms with Crippen LogP contribution in [0.4, 0.5) is 0 Å². The van der Waals surface area contributed by atoms with Gasteiger partial charge in [0.05, 0.1) is 13.7 Å². The first-order valence-corrected chi connectivity index (χ1v) is 5.94. The Morgan fingerprint density at radius 3 is 2.67 bits per heavy atom. The molecule has 0 aliphatic carbocycles. The fourth-order valence-corrected chi connectivity index (χ4v) is 1.86. The Morgan fingerprint density at radius 1 is 1.53 bits per heavy atom. The van der Waals surface area contributed by atoms with E-state index < -0.39 is 0 Å². The van der Waals surface area contributed by atoms with Crippen molar-refractivity contribution < 1.29 is 9.84 Å². The van der Waals surface area contributed by atoms with Gasteiger partial charge in [-0.2, -0.15) is 0 Å². The van der Waals surface area contributed by atoms with Crippen molar-refractivity contribution >= 4 is 28.2 Å². The topological polar surface area (TPSA) is 29.5 Å². The molecule has 0 saturated carbocycles. The van der Waals surface area contributed by atoms with Gasteiger partial charge in [-0.05, 0) is 52.3 Å². The third-order valence-electron chi connectivity index (χ3n) is 2.38. The Labute approximate surface area is 104 Å². The van der Waals surface area contributed by atoms with Crippen LogP contribution in [-0.4, -0.2) is 12.2 Å². The van der Waals surface area contributed by atoms with Crippen LogP contribution in [0.25, 0.3) is 5.57 Å². The van der Waals surface area contributed by atoms with Gasteiger partial charge in [-0.1, -0.05) is 22.6 Å². The number of aliphatic hydroxyl groups is 1. The summed E-state index contributed by atoms with van der Waals surface area (Å²) >= 11 is 2.20. The third kappa shape index (κ3) is 2.72. The van der Waals surface area contributed by atoms with Gasteiger partial charge in [0.1, 0.15) is 5.75 Å². The largest absolute Gasteiger partial charge is 0.496 e. The zero-order valence-corrected chi connectivity index (χ0v) is 11.3. The van der Waals surface area contributed by atoms with E-state index in [0.717, 1.165) is 28.0 Å². The molecule has 0 bridgehead atoms. The van der Waals surface area contributed by atoms with Gasteiger partial charge in [-0.3, -0.25) is 0 Å². The summed E-state index contributed by atoms with van der Waals surface area (Å²) in [5.41, 5.74) is 4.18. The molecule has 1 aromatic carbocycles. The minimum absolute atomic E-state index is 0.0575. The lowest BCUT2D eigenvalue weighted by Crippen LogP contribution is -1.96. The molecule has 0 heterocycles. The summed E-state index contributed by atoms with van der Waals surface area (Å²) in [7, 11) is 1.66. The Morgan fingerprint density at radius 2 is 2.20 bits per heavy atom.